The van der Waals surface area contributed by atoms with Gasteiger partial charge in [0.05, 0.1) is 12.1 Å². The molecule has 0 aromatic heterocycles. The smallest absolute Gasteiger partial charge is 0.329 e. The molecule has 0 aliphatic carbocycles. The average molecular weight is 302 g/mol. The van der Waals surface area contributed by atoms with Crippen molar-refractivity contribution in [2.45, 2.75) is 31.3 Å². The predicted molar refractivity (Wildman–Crippen MR) is 76.4 cm³/mol. The van der Waals surface area contributed by atoms with Crippen molar-refractivity contribution in [2.24, 2.45) is 5.73 Å². The average Bonchev–Trinajstić information content (AvgIpc) is 2.47. The normalized spacial score (nSPS) is 26.1. The standard InChI is InChI=1S/C13H22N2O4S/c1-2-19-11(16)10-9-20-8-5-15(10)12(17)13(14)3-6-18-7-4-13/h10H,2-9,14H2,1H3. The van der Waals surface area contributed by atoms with Crippen molar-refractivity contribution in [1.82, 2.24) is 4.90 Å². The number of thioether (sulfide) groups is 1. The maximum Gasteiger partial charge on any atom is 0.329 e. The minimum atomic E-state index is -0.898. The van der Waals surface area contributed by atoms with Crippen LogP contribution in [0, 0.1) is 0 Å². The molecule has 20 heavy (non-hydrogen) atoms. The van der Waals surface area contributed by atoms with Crippen LogP contribution in [0.4, 0.5) is 0 Å². The van der Waals surface area contributed by atoms with Gasteiger partial charge in [-0.3, -0.25) is 4.79 Å². The van der Waals surface area contributed by atoms with Crippen LogP contribution < -0.4 is 5.73 Å². The summed E-state index contributed by atoms with van der Waals surface area (Å²) in [6.45, 7) is 3.63. The quantitative estimate of drug-likeness (QED) is 0.739. The lowest BCUT2D eigenvalue weighted by atomic mass is 9.89. The van der Waals surface area contributed by atoms with Gasteiger partial charge < -0.3 is 20.1 Å². The topological polar surface area (TPSA) is 81.9 Å². The van der Waals surface area contributed by atoms with Crippen molar-refractivity contribution in [1.29, 1.82) is 0 Å². The summed E-state index contributed by atoms with van der Waals surface area (Å²) in [5.74, 6) is 0.939. The number of carbonyl (C=O) groups excluding carboxylic acids is 2. The molecule has 7 heteroatoms. The van der Waals surface area contributed by atoms with E-state index in [0.717, 1.165) is 5.75 Å². The molecular formula is C13H22N2O4S. The monoisotopic (exact) mass is 302 g/mol. The summed E-state index contributed by atoms with van der Waals surface area (Å²) in [6, 6.07) is -0.510. The molecule has 1 atom stereocenters. The highest BCUT2D eigenvalue weighted by Crippen LogP contribution is 2.25. The Morgan fingerprint density at radius 3 is 2.80 bits per heavy atom. The summed E-state index contributed by atoms with van der Waals surface area (Å²) in [5, 5.41) is 0. The molecule has 114 valence electrons. The lowest BCUT2D eigenvalue weighted by Gasteiger charge is -2.41. The van der Waals surface area contributed by atoms with E-state index in [1.807, 2.05) is 0 Å². The van der Waals surface area contributed by atoms with Crippen LogP contribution in [0.3, 0.4) is 0 Å². The van der Waals surface area contributed by atoms with E-state index in [9.17, 15) is 9.59 Å². The van der Waals surface area contributed by atoms with E-state index in [2.05, 4.69) is 0 Å². The number of hydrogen-bond acceptors (Lipinski definition) is 6. The Kier molecular flexibility index (Phi) is 5.29. The van der Waals surface area contributed by atoms with Gasteiger partial charge in [0.15, 0.2) is 0 Å². The minimum Gasteiger partial charge on any atom is -0.464 e. The Bertz CT molecular complexity index is 371. The molecule has 2 aliphatic rings. The molecule has 2 N–H and O–H groups in total. The van der Waals surface area contributed by atoms with E-state index in [-0.39, 0.29) is 11.9 Å². The van der Waals surface area contributed by atoms with Gasteiger partial charge in [0.25, 0.3) is 0 Å². The molecule has 0 radical (unpaired) electrons. The largest absolute Gasteiger partial charge is 0.464 e. The van der Waals surface area contributed by atoms with Gasteiger partial charge in [0.2, 0.25) is 5.91 Å². The Hall–Kier alpha value is -0.790. The van der Waals surface area contributed by atoms with E-state index in [0.29, 0.717) is 45.0 Å². The van der Waals surface area contributed by atoms with E-state index < -0.39 is 11.6 Å². The summed E-state index contributed by atoms with van der Waals surface area (Å²) < 4.78 is 10.3. The van der Waals surface area contributed by atoms with Crippen LogP contribution in [0.5, 0.6) is 0 Å². The summed E-state index contributed by atoms with van der Waals surface area (Å²) in [7, 11) is 0. The van der Waals surface area contributed by atoms with Crippen molar-refractivity contribution in [3.63, 3.8) is 0 Å². The van der Waals surface area contributed by atoms with E-state index in [4.69, 9.17) is 15.2 Å². The highest BCUT2D eigenvalue weighted by Gasteiger charge is 2.43. The SMILES string of the molecule is CCOC(=O)C1CSCCN1C(=O)C1(N)CCOCC1. The van der Waals surface area contributed by atoms with Crippen LogP contribution in [0.2, 0.25) is 0 Å². The molecule has 2 fully saturated rings. The number of hydrogen-bond donors (Lipinski definition) is 1. The van der Waals surface area contributed by atoms with Gasteiger partial charge in [0, 0.05) is 31.3 Å². The fourth-order valence-corrected chi connectivity index (χ4v) is 3.55. The first-order valence-electron chi connectivity index (χ1n) is 7.00. The zero-order chi connectivity index (χ0) is 14.6. The minimum absolute atomic E-state index is 0.140. The first-order chi connectivity index (χ1) is 9.58. The molecule has 0 saturated carbocycles. The Morgan fingerprint density at radius 2 is 2.15 bits per heavy atom. The highest BCUT2D eigenvalue weighted by molar-refractivity contribution is 7.99. The zero-order valence-corrected chi connectivity index (χ0v) is 12.6. The van der Waals surface area contributed by atoms with Crippen LogP contribution >= 0.6 is 11.8 Å². The van der Waals surface area contributed by atoms with Crippen LogP contribution in [-0.4, -0.2) is 66.2 Å². The molecule has 0 bridgehead atoms. The number of nitrogens with two attached hydrogens (primary N) is 1. The molecule has 1 unspecified atom stereocenters. The number of amides is 1. The summed E-state index contributed by atoms with van der Waals surface area (Å²) >= 11 is 1.66. The Balaban J connectivity index is 2.10. The number of nitrogens with zero attached hydrogens (tertiary/aromatic N) is 1. The van der Waals surface area contributed by atoms with Gasteiger partial charge in [-0.1, -0.05) is 0 Å². The van der Waals surface area contributed by atoms with E-state index in [1.54, 1.807) is 23.6 Å². The van der Waals surface area contributed by atoms with Crippen LogP contribution in [0.25, 0.3) is 0 Å². The second-order valence-electron chi connectivity index (χ2n) is 5.11. The van der Waals surface area contributed by atoms with Crippen molar-refractivity contribution in [3.8, 4) is 0 Å². The molecule has 2 saturated heterocycles. The lowest BCUT2D eigenvalue weighted by Crippen LogP contribution is -2.63. The molecule has 2 aliphatic heterocycles. The Morgan fingerprint density at radius 1 is 1.45 bits per heavy atom. The van der Waals surface area contributed by atoms with Crippen molar-refractivity contribution in [3.05, 3.63) is 0 Å². The molecule has 2 rings (SSSR count). The first-order valence-corrected chi connectivity index (χ1v) is 8.16. The highest BCUT2D eigenvalue weighted by atomic mass is 32.2. The number of rotatable bonds is 3. The van der Waals surface area contributed by atoms with Gasteiger partial charge in [-0.15, -0.1) is 0 Å². The lowest BCUT2D eigenvalue weighted by molar-refractivity contribution is -0.157. The number of carbonyl (C=O) groups is 2. The van der Waals surface area contributed by atoms with Gasteiger partial charge in [-0.25, -0.2) is 4.79 Å². The van der Waals surface area contributed by atoms with Gasteiger partial charge in [-0.2, -0.15) is 11.8 Å². The van der Waals surface area contributed by atoms with Crippen LogP contribution in [0.1, 0.15) is 19.8 Å². The molecular weight excluding hydrogens is 280 g/mol. The van der Waals surface area contributed by atoms with Crippen LogP contribution in [0.15, 0.2) is 0 Å². The first kappa shape index (κ1) is 15.6. The van der Waals surface area contributed by atoms with Gasteiger partial charge in [0.1, 0.15) is 6.04 Å². The third-order valence-corrected chi connectivity index (χ3v) is 4.78. The molecule has 6 nitrogen and oxygen atoms in total. The van der Waals surface area contributed by atoms with E-state index >= 15 is 0 Å². The number of ether oxygens (including phenoxy) is 2. The Labute approximate surface area is 123 Å². The van der Waals surface area contributed by atoms with Crippen molar-refractivity contribution < 1.29 is 19.1 Å². The molecule has 0 aromatic rings. The zero-order valence-electron chi connectivity index (χ0n) is 11.8. The maximum atomic E-state index is 12.7. The third kappa shape index (κ3) is 3.27. The fourth-order valence-electron chi connectivity index (χ4n) is 2.52. The van der Waals surface area contributed by atoms with E-state index in [1.165, 1.54) is 0 Å². The maximum absolute atomic E-state index is 12.7. The summed E-state index contributed by atoms with van der Waals surface area (Å²) in [6.07, 6.45) is 1.01. The van der Waals surface area contributed by atoms with Crippen molar-refractivity contribution in [2.75, 3.05) is 37.9 Å². The van der Waals surface area contributed by atoms with Crippen molar-refractivity contribution >= 4 is 23.6 Å². The predicted octanol–water partition coefficient (Wildman–Crippen LogP) is 0.00140. The number of esters is 1. The molecule has 0 aromatic carbocycles. The van der Waals surface area contributed by atoms with Gasteiger partial charge >= 0.3 is 5.97 Å². The molecule has 2 heterocycles. The fraction of sp³-hybridized carbons (Fsp3) is 0.846. The second-order valence-corrected chi connectivity index (χ2v) is 6.26. The molecule has 1 amide bonds. The third-order valence-electron chi connectivity index (χ3n) is 3.76. The second kappa shape index (κ2) is 6.78. The van der Waals surface area contributed by atoms with Crippen LogP contribution in [-0.2, 0) is 19.1 Å². The molecule has 0 spiro atoms. The van der Waals surface area contributed by atoms with Gasteiger partial charge in [-0.05, 0) is 19.8 Å². The summed E-state index contributed by atoms with van der Waals surface area (Å²) in [4.78, 5) is 26.3. The summed E-state index contributed by atoms with van der Waals surface area (Å²) in [5.41, 5.74) is 5.34.